The van der Waals surface area contributed by atoms with Gasteiger partial charge in [0.05, 0.1) is 10.4 Å². The lowest BCUT2D eigenvalue weighted by Gasteiger charge is -2.26. The summed E-state index contributed by atoms with van der Waals surface area (Å²) in [6, 6.07) is 64.9. The SMILES string of the molecule is c1ccc(-c2ccc(N(c3ccc(-c4cccc5c4sc4ccccc45)cc3)c3cc4nc(-c5ccccc5)oc4c4c3sc3ccccc34)cc2)cc1. The van der Waals surface area contributed by atoms with Crippen LogP contribution >= 0.6 is 22.7 Å². The van der Waals surface area contributed by atoms with Gasteiger partial charge in [0.1, 0.15) is 5.52 Å². The molecule has 5 heteroatoms. The molecule has 0 saturated carbocycles. The molecule has 0 amide bonds. The van der Waals surface area contributed by atoms with E-state index < -0.39 is 0 Å². The Bertz CT molecular complexity index is 3140. The summed E-state index contributed by atoms with van der Waals surface area (Å²) in [6.07, 6.45) is 0. The van der Waals surface area contributed by atoms with Gasteiger partial charge in [-0.2, -0.15) is 0 Å². The summed E-state index contributed by atoms with van der Waals surface area (Å²) in [5.74, 6) is 0.623. The van der Waals surface area contributed by atoms with E-state index >= 15 is 0 Å². The molecule has 0 spiro atoms. The molecule has 254 valence electrons. The van der Waals surface area contributed by atoms with E-state index in [1.807, 2.05) is 29.5 Å². The van der Waals surface area contributed by atoms with Crippen LogP contribution in [0.2, 0.25) is 0 Å². The highest BCUT2D eigenvalue weighted by Crippen LogP contribution is 2.49. The third-order valence-electron chi connectivity index (χ3n) is 10.3. The zero-order chi connectivity index (χ0) is 35.6. The molecule has 11 aromatic rings. The topological polar surface area (TPSA) is 29.3 Å². The molecule has 0 aliphatic carbocycles. The standard InChI is InChI=1S/C49H30N2OS2/c1-3-12-31(13-4-1)32-22-26-35(27-23-32)51(36-28-24-33(25-29-36)37-18-11-19-39-38-16-7-9-20-43(38)53-47(37)39)42-30-41-46(52-49(50-41)34-14-5-2-6-15-34)45-40-17-8-10-21-44(40)54-48(42)45/h1-30H. The minimum absolute atomic E-state index is 0.623. The van der Waals surface area contributed by atoms with Crippen molar-refractivity contribution in [2.24, 2.45) is 0 Å². The maximum atomic E-state index is 6.64. The maximum Gasteiger partial charge on any atom is 0.227 e. The van der Waals surface area contributed by atoms with Crippen LogP contribution in [0.15, 0.2) is 186 Å². The molecular weight excluding hydrogens is 697 g/mol. The lowest BCUT2D eigenvalue weighted by atomic mass is 10.0. The van der Waals surface area contributed by atoms with Crippen LogP contribution in [-0.4, -0.2) is 4.98 Å². The Morgan fingerprint density at radius 1 is 0.444 bits per heavy atom. The zero-order valence-electron chi connectivity index (χ0n) is 28.9. The van der Waals surface area contributed by atoms with Gasteiger partial charge >= 0.3 is 0 Å². The fourth-order valence-corrected chi connectivity index (χ4v) is 10.2. The number of oxazole rings is 1. The number of hydrogen-bond donors (Lipinski definition) is 0. The normalized spacial score (nSPS) is 11.7. The number of nitrogens with zero attached hydrogens (tertiary/aromatic N) is 2. The predicted octanol–water partition coefficient (Wildman–Crippen LogP) is 15.0. The van der Waals surface area contributed by atoms with Crippen molar-refractivity contribution in [1.29, 1.82) is 0 Å². The molecule has 0 fully saturated rings. The molecular formula is C49H30N2OS2. The van der Waals surface area contributed by atoms with Crippen LogP contribution in [0.25, 0.3) is 85.2 Å². The van der Waals surface area contributed by atoms with Crippen LogP contribution in [-0.2, 0) is 0 Å². The van der Waals surface area contributed by atoms with Crippen LogP contribution in [0.1, 0.15) is 0 Å². The molecule has 0 unspecified atom stereocenters. The van der Waals surface area contributed by atoms with Crippen molar-refractivity contribution in [3.05, 3.63) is 182 Å². The highest BCUT2D eigenvalue weighted by atomic mass is 32.1. The number of anilines is 3. The highest BCUT2D eigenvalue weighted by Gasteiger charge is 2.24. The Morgan fingerprint density at radius 3 is 1.72 bits per heavy atom. The van der Waals surface area contributed by atoms with Gasteiger partial charge in [0, 0.05) is 52.6 Å². The van der Waals surface area contributed by atoms with Crippen molar-refractivity contribution in [1.82, 2.24) is 4.98 Å². The maximum absolute atomic E-state index is 6.64. The number of benzene rings is 8. The van der Waals surface area contributed by atoms with E-state index in [4.69, 9.17) is 9.40 Å². The molecule has 0 bridgehead atoms. The average Bonchev–Trinajstić information content (AvgIpc) is 3.96. The van der Waals surface area contributed by atoms with Crippen LogP contribution in [0.4, 0.5) is 17.1 Å². The fraction of sp³-hybridized carbons (Fsp3) is 0. The van der Waals surface area contributed by atoms with Gasteiger partial charge in [-0.3, -0.25) is 0 Å². The van der Waals surface area contributed by atoms with Crippen LogP contribution in [0, 0.1) is 0 Å². The van der Waals surface area contributed by atoms with Gasteiger partial charge in [0.25, 0.3) is 0 Å². The number of thiophene rings is 2. The van der Waals surface area contributed by atoms with Gasteiger partial charge in [-0.05, 0) is 76.9 Å². The minimum atomic E-state index is 0.623. The van der Waals surface area contributed by atoms with Crippen molar-refractivity contribution in [3.63, 3.8) is 0 Å². The summed E-state index contributed by atoms with van der Waals surface area (Å²) in [5, 5.41) is 4.88. The molecule has 0 N–H and O–H groups in total. The minimum Gasteiger partial charge on any atom is -0.435 e. The lowest BCUT2D eigenvalue weighted by molar-refractivity contribution is 0.623. The molecule has 0 atom stereocenters. The van der Waals surface area contributed by atoms with E-state index in [-0.39, 0.29) is 0 Å². The monoisotopic (exact) mass is 726 g/mol. The van der Waals surface area contributed by atoms with Crippen molar-refractivity contribution in [3.8, 4) is 33.7 Å². The Morgan fingerprint density at radius 2 is 1.00 bits per heavy atom. The largest absolute Gasteiger partial charge is 0.435 e. The molecule has 0 aliphatic heterocycles. The van der Waals surface area contributed by atoms with Gasteiger partial charge in [-0.15, -0.1) is 22.7 Å². The Hall–Kier alpha value is -6.53. The van der Waals surface area contributed by atoms with Crippen molar-refractivity contribution >= 4 is 91.2 Å². The number of fused-ring (bicyclic) bond motifs is 8. The summed E-state index contributed by atoms with van der Waals surface area (Å²) in [4.78, 5) is 7.50. The molecule has 3 heterocycles. The Labute approximate surface area is 319 Å². The first-order valence-electron chi connectivity index (χ1n) is 18.0. The third kappa shape index (κ3) is 5.05. The lowest BCUT2D eigenvalue weighted by Crippen LogP contribution is -2.10. The van der Waals surface area contributed by atoms with Gasteiger partial charge in [0.2, 0.25) is 5.89 Å². The average molecular weight is 727 g/mol. The number of hydrogen-bond acceptors (Lipinski definition) is 5. The molecule has 11 rings (SSSR count). The molecule has 0 aliphatic rings. The van der Waals surface area contributed by atoms with Crippen molar-refractivity contribution in [2.45, 2.75) is 0 Å². The molecule has 54 heavy (non-hydrogen) atoms. The molecule has 0 radical (unpaired) electrons. The number of aromatic nitrogens is 1. The van der Waals surface area contributed by atoms with Crippen LogP contribution < -0.4 is 4.90 Å². The molecule has 0 saturated heterocycles. The van der Waals surface area contributed by atoms with E-state index in [2.05, 4.69) is 169 Å². The molecule has 3 nitrogen and oxygen atoms in total. The summed E-state index contributed by atoms with van der Waals surface area (Å²) < 4.78 is 11.6. The van der Waals surface area contributed by atoms with E-state index in [0.717, 1.165) is 43.8 Å². The van der Waals surface area contributed by atoms with E-state index in [0.29, 0.717) is 5.89 Å². The summed E-state index contributed by atoms with van der Waals surface area (Å²) >= 11 is 3.67. The van der Waals surface area contributed by atoms with E-state index in [1.54, 1.807) is 11.3 Å². The third-order valence-corrected chi connectivity index (χ3v) is 12.7. The van der Waals surface area contributed by atoms with Crippen molar-refractivity contribution in [2.75, 3.05) is 4.90 Å². The summed E-state index contributed by atoms with van der Waals surface area (Å²) in [6.45, 7) is 0. The predicted molar refractivity (Wildman–Crippen MR) is 231 cm³/mol. The first-order chi connectivity index (χ1) is 26.8. The summed E-state index contributed by atoms with van der Waals surface area (Å²) in [7, 11) is 0. The summed E-state index contributed by atoms with van der Waals surface area (Å²) in [5.41, 5.74) is 10.6. The van der Waals surface area contributed by atoms with Gasteiger partial charge in [-0.1, -0.05) is 127 Å². The second-order valence-electron chi connectivity index (χ2n) is 13.5. The zero-order valence-corrected chi connectivity index (χ0v) is 30.6. The molecule has 3 aromatic heterocycles. The molecule has 8 aromatic carbocycles. The quantitative estimate of drug-likeness (QED) is 0.171. The number of rotatable bonds is 6. The van der Waals surface area contributed by atoms with Gasteiger partial charge < -0.3 is 9.32 Å². The second-order valence-corrected chi connectivity index (χ2v) is 15.6. The highest BCUT2D eigenvalue weighted by molar-refractivity contribution is 7.27. The Kier molecular flexibility index (Phi) is 7.22. The first-order valence-corrected chi connectivity index (χ1v) is 19.7. The van der Waals surface area contributed by atoms with E-state index in [1.165, 1.54) is 52.5 Å². The van der Waals surface area contributed by atoms with Gasteiger partial charge in [-0.25, -0.2) is 4.98 Å². The van der Waals surface area contributed by atoms with E-state index in [9.17, 15) is 0 Å². The van der Waals surface area contributed by atoms with Crippen LogP contribution in [0.3, 0.4) is 0 Å². The van der Waals surface area contributed by atoms with Crippen molar-refractivity contribution < 1.29 is 4.42 Å². The van der Waals surface area contributed by atoms with Gasteiger partial charge in [0.15, 0.2) is 5.58 Å². The first kappa shape index (κ1) is 31.0. The Balaban J connectivity index is 1.12. The van der Waals surface area contributed by atoms with Crippen LogP contribution in [0.5, 0.6) is 0 Å². The smallest absolute Gasteiger partial charge is 0.227 e. The fourth-order valence-electron chi connectivity index (χ4n) is 7.75. The second kappa shape index (κ2) is 12.6.